The van der Waals surface area contributed by atoms with Crippen LogP contribution in [0.1, 0.15) is 33.6 Å². The monoisotopic (exact) mass is 299 g/mol. The summed E-state index contributed by atoms with van der Waals surface area (Å²) in [6, 6.07) is 0.0457. The average Bonchev–Trinajstić information content (AvgIpc) is 2.75. The van der Waals surface area contributed by atoms with Gasteiger partial charge in [0.15, 0.2) is 0 Å². The molecule has 0 aliphatic carbocycles. The van der Waals surface area contributed by atoms with Crippen LogP contribution in [-0.4, -0.2) is 65.6 Å². The van der Waals surface area contributed by atoms with Gasteiger partial charge in [0.05, 0.1) is 12.2 Å². The van der Waals surface area contributed by atoms with Gasteiger partial charge in [-0.25, -0.2) is 0 Å². The number of carbonyl (C=O) groups excluding carboxylic acids is 1. The predicted molar refractivity (Wildman–Crippen MR) is 85.9 cm³/mol. The molecule has 0 bridgehead atoms. The Balaban J connectivity index is 1.90. The number of nitrogens with one attached hydrogen (secondary N) is 1. The van der Waals surface area contributed by atoms with Crippen LogP contribution in [0.4, 0.5) is 0 Å². The van der Waals surface area contributed by atoms with Crippen LogP contribution in [0.5, 0.6) is 0 Å². The van der Waals surface area contributed by atoms with Gasteiger partial charge in [0.2, 0.25) is 5.91 Å². The first-order valence-electron chi connectivity index (χ1n) is 8.00. The summed E-state index contributed by atoms with van der Waals surface area (Å²) in [5, 5.41) is 3.53. The Kier molecular flexibility index (Phi) is 6.18. The van der Waals surface area contributed by atoms with E-state index in [1.54, 1.807) is 0 Å². The van der Waals surface area contributed by atoms with Gasteiger partial charge in [-0.3, -0.25) is 15.0 Å². The Hall–Kier alpha value is -0.260. The summed E-state index contributed by atoms with van der Waals surface area (Å²) < 4.78 is 0. The first-order chi connectivity index (χ1) is 9.63. The third-order valence-corrected chi connectivity index (χ3v) is 5.20. The van der Waals surface area contributed by atoms with Crippen LogP contribution in [0.15, 0.2) is 0 Å². The number of hydrogen-bond donors (Lipinski definition) is 1. The van der Waals surface area contributed by atoms with Crippen LogP contribution in [-0.2, 0) is 4.79 Å². The summed E-state index contributed by atoms with van der Waals surface area (Å²) in [4.78, 5) is 17.1. The second kappa shape index (κ2) is 7.66. The summed E-state index contributed by atoms with van der Waals surface area (Å²) in [6.45, 7) is 10.8. The molecular formula is C15H29N3OS. The van der Waals surface area contributed by atoms with Crippen molar-refractivity contribution in [2.45, 2.75) is 45.8 Å². The fraction of sp³-hybridized carbons (Fsp3) is 0.933. The van der Waals surface area contributed by atoms with E-state index in [0.29, 0.717) is 11.8 Å². The predicted octanol–water partition coefficient (Wildman–Crippen LogP) is 1.62. The van der Waals surface area contributed by atoms with E-state index in [4.69, 9.17) is 0 Å². The molecule has 1 N–H and O–H groups in total. The number of thioether (sulfide) groups is 1. The molecular weight excluding hydrogens is 270 g/mol. The van der Waals surface area contributed by atoms with Gasteiger partial charge >= 0.3 is 0 Å². The molecule has 0 aromatic rings. The van der Waals surface area contributed by atoms with Crippen molar-refractivity contribution in [2.24, 2.45) is 5.92 Å². The fourth-order valence-corrected chi connectivity index (χ4v) is 4.05. The van der Waals surface area contributed by atoms with E-state index in [0.717, 1.165) is 25.9 Å². The minimum Gasteiger partial charge on any atom is -0.324 e. The number of rotatable bonds is 6. The standard InChI is InChI=1S/C15H29N3OS/c1-4-5-13-15(19)18(14(16-13)12(2)3)7-6-17-8-10-20-11-9-17/h12-14,16H,4-11H2,1-3H3. The van der Waals surface area contributed by atoms with Gasteiger partial charge in [-0.1, -0.05) is 27.2 Å². The summed E-state index contributed by atoms with van der Waals surface area (Å²) in [6.07, 6.45) is 2.24. The summed E-state index contributed by atoms with van der Waals surface area (Å²) in [7, 11) is 0. The van der Waals surface area contributed by atoms with Crippen LogP contribution in [0.25, 0.3) is 0 Å². The molecule has 0 radical (unpaired) electrons. The lowest BCUT2D eigenvalue weighted by Crippen LogP contribution is -2.46. The Morgan fingerprint density at radius 1 is 1.30 bits per heavy atom. The minimum atomic E-state index is 0.0457. The maximum absolute atomic E-state index is 12.5. The number of nitrogens with zero attached hydrogens (tertiary/aromatic N) is 2. The Morgan fingerprint density at radius 3 is 2.60 bits per heavy atom. The van der Waals surface area contributed by atoms with Gasteiger partial charge in [-0.15, -0.1) is 0 Å². The molecule has 2 aliphatic heterocycles. The average molecular weight is 299 g/mol. The molecule has 0 aromatic carbocycles. The summed E-state index contributed by atoms with van der Waals surface area (Å²) >= 11 is 2.04. The highest BCUT2D eigenvalue weighted by Gasteiger charge is 2.39. The highest BCUT2D eigenvalue weighted by Crippen LogP contribution is 2.20. The Bertz CT molecular complexity index is 318. The van der Waals surface area contributed by atoms with E-state index in [2.05, 4.69) is 35.9 Å². The first-order valence-corrected chi connectivity index (χ1v) is 9.15. The Labute approximate surface area is 127 Å². The first kappa shape index (κ1) is 16.1. The van der Waals surface area contributed by atoms with Crippen molar-refractivity contribution in [3.05, 3.63) is 0 Å². The van der Waals surface area contributed by atoms with Crippen molar-refractivity contribution < 1.29 is 4.79 Å². The zero-order chi connectivity index (χ0) is 14.5. The summed E-state index contributed by atoms with van der Waals surface area (Å²) in [5.41, 5.74) is 0. The van der Waals surface area contributed by atoms with E-state index in [-0.39, 0.29) is 12.2 Å². The van der Waals surface area contributed by atoms with Gasteiger partial charge in [-0.05, 0) is 12.3 Å². The fourth-order valence-electron chi connectivity index (χ4n) is 3.08. The van der Waals surface area contributed by atoms with E-state index in [1.807, 2.05) is 11.8 Å². The molecule has 5 heteroatoms. The van der Waals surface area contributed by atoms with Crippen LogP contribution in [0, 0.1) is 5.92 Å². The van der Waals surface area contributed by atoms with E-state index < -0.39 is 0 Å². The lowest BCUT2D eigenvalue weighted by atomic mass is 10.1. The molecule has 2 atom stereocenters. The van der Waals surface area contributed by atoms with Gasteiger partial charge in [0.25, 0.3) is 0 Å². The van der Waals surface area contributed by atoms with E-state index in [9.17, 15) is 4.79 Å². The minimum absolute atomic E-state index is 0.0457. The third kappa shape index (κ3) is 3.89. The van der Waals surface area contributed by atoms with Crippen molar-refractivity contribution in [2.75, 3.05) is 37.7 Å². The zero-order valence-corrected chi connectivity index (χ0v) is 13.9. The van der Waals surface area contributed by atoms with Crippen LogP contribution in [0.3, 0.4) is 0 Å². The van der Waals surface area contributed by atoms with E-state index >= 15 is 0 Å². The zero-order valence-electron chi connectivity index (χ0n) is 13.1. The molecule has 0 saturated carbocycles. The molecule has 1 amide bonds. The Morgan fingerprint density at radius 2 is 2.00 bits per heavy atom. The molecule has 2 fully saturated rings. The normalized spacial score (nSPS) is 28.6. The quantitative estimate of drug-likeness (QED) is 0.808. The van der Waals surface area contributed by atoms with E-state index in [1.165, 1.54) is 24.6 Å². The van der Waals surface area contributed by atoms with Crippen molar-refractivity contribution in [1.82, 2.24) is 15.1 Å². The molecule has 2 heterocycles. The lowest BCUT2D eigenvalue weighted by molar-refractivity contribution is -0.130. The SMILES string of the molecule is CCCC1NC(C(C)C)N(CCN2CCSCC2)C1=O. The molecule has 2 unspecified atom stereocenters. The second-order valence-corrected chi connectivity index (χ2v) is 7.41. The van der Waals surface area contributed by atoms with Crippen LogP contribution in [0.2, 0.25) is 0 Å². The molecule has 116 valence electrons. The maximum atomic E-state index is 12.5. The molecule has 0 aromatic heterocycles. The molecule has 20 heavy (non-hydrogen) atoms. The van der Waals surface area contributed by atoms with Gasteiger partial charge in [0, 0.05) is 37.7 Å². The largest absolute Gasteiger partial charge is 0.324 e. The van der Waals surface area contributed by atoms with Crippen molar-refractivity contribution in [3.8, 4) is 0 Å². The topological polar surface area (TPSA) is 35.6 Å². The third-order valence-electron chi connectivity index (χ3n) is 4.26. The highest BCUT2D eigenvalue weighted by atomic mass is 32.2. The highest BCUT2D eigenvalue weighted by molar-refractivity contribution is 7.99. The van der Waals surface area contributed by atoms with Crippen molar-refractivity contribution >= 4 is 17.7 Å². The number of hydrogen-bond acceptors (Lipinski definition) is 4. The number of amides is 1. The molecule has 2 rings (SSSR count). The smallest absolute Gasteiger partial charge is 0.241 e. The van der Waals surface area contributed by atoms with Gasteiger partial charge in [-0.2, -0.15) is 11.8 Å². The molecule has 2 saturated heterocycles. The second-order valence-electron chi connectivity index (χ2n) is 6.18. The van der Waals surface area contributed by atoms with Crippen molar-refractivity contribution in [1.29, 1.82) is 0 Å². The van der Waals surface area contributed by atoms with Crippen LogP contribution >= 0.6 is 11.8 Å². The van der Waals surface area contributed by atoms with Gasteiger partial charge < -0.3 is 4.90 Å². The molecule has 4 nitrogen and oxygen atoms in total. The molecule has 2 aliphatic rings. The van der Waals surface area contributed by atoms with Gasteiger partial charge in [0.1, 0.15) is 0 Å². The van der Waals surface area contributed by atoms with Crippen molar-refractivity contribution in [3.63, 3.8) is 0 Å². The molecule has 0 spiro atoms. The lowest BCUT2D eigenvalue weighted by Gasteiger charge is -2.31. The number of carbonyl (C=O) groups is 1. The summed E-state index contributed by atoms with van der Waals surface area (Å²) in [5.74, 6) is 3.26. The van der Waals surface area contributed by atoms with Crippen LogP contribution < -0.4 is 5.32 Å². The maximum Gasteiger partial charge on any atom is 0.241 e.